The molecule has 0 fully saturated rings. The summed E-state index contributed by atoms with van der Waals surface area (Å²) in [4.78, 5) is 9.76. The number of aliphatic hydroxyl groups is 6. The summed E-state index contributed by atoms with van der Waals surface area (Å²) in [6, 6.07) is 0. The summed E-state index contributed by atoms with van der Waals surface area (Å²) < 4.78 is 0. The highest BCUT2D eigenvalue weighted by Gasteiger charge is 2.22. The van der Waals surface area contributed by atoms with Crippen molar-refractivity contribution in [2.24, 2.45) is 0 Å². The lowest BCUT2D eigenvalue weighted by molar-refractivity contribution is -0.127. The third kappa shape index (κ3) is 9.73. The van der Waals surface area contributed by atoms with E-state index in [1.165, 1.54) is 6.92 Å². The maximum atomic E-state index is 9.76. The molecule has 6 N–H and O–H groups in total. The minimum Gasteiger partial charge on any atom is -0.394 e. The van der Waals surface area contributed by atoms with Gasteiger partial charge in [-0.3, -0.25) is 0 Å². The van der Waals surface area contributed by atoms with Crippen molar-refractivity contribution in [3.63, 3.8) is 0 Å². The van der Waals surface area contributed by atoms with Crippen LogP contribution in [0.4, 0.5) is 0 Å². The normalized spacial score (nSPS) is 18.1. The molecule has 0 saturated heterocycles. The predicted molar refractivity (Wildman–Crippen MR) is 49.9 cm³/mol. The summed E-state index contributed by atoms with van der Waals surface area (Å²) in [5, 5.41) is 50.1. The van der Waals surface area contributed by atoms with Crippen LogP contribution in [0, 0.1) is 0 Å². The molecule has 0 aliphatic heterocycles. The average molecular weight is 226 g/mol. The largest absolute Gasteiger partial charge is 0.394 e. The minimum absolute atomic E-state index is 0.0869. The molecule has 15 heavy (non-hydrogen) atoms. The Bertz CT molecular complexity index is 150. The van der Waals surface area contributed by atoms with E-state index in [-0.39, 0.29) is 12.9 Å². The van der Waals surface area contributed by atoms with E-state index in [0.717, 1.165) is 0 Å². The third-order valence-corrected chi connectivity index (χ3v) is 1.33. The molecule has 92 valence electrons. The highest BCUT2D eigenvalue weighted by molar-refractivity contribution is 5.56. The predicted octanol–water partition coefficient (Wildman–Crippen LogP) is -3.38. The number of hydrogen-bond donors (Lipinski definition) is 6. The van der Waals surface area contributed by atoms with Crippen molar-refractivity contribution in [1.82, 2.24) is 0 Å². The van der Waals surface area contributed by atoms with Crippen molar-refractivity contribution in [3.8, 4) is 0 Å². The van der Waals surface area contributed by atoms with Crippen LogP contribution in [-0.2, 0) is 4.79 Å². The van der Waals surface area contributed by atoms with Crippen molar-refractivity contribution in [2.45, 2.75) is 31.3 Å². The van der Waals surface area contributed by atoms with E-state index < -0.39 is 31.0 Å². The second kappa shape index (κ2) is 9.97. The van der Waals surface area contributed by atoms with Gasteiger partial charge >= 0.3 is 0 Å². The number of rotatable bonds is 5. The molecule has 0 amide bonds. The molecule has 0 rings (SSSR count). The molecule has 4 atom stereocenters. The molecule has 1 unspecified atom stereocenters. The molecular weight excluding hydrogens is 208 g/mol. The first kappa shape index (κ1) is 16.8. The van der Waals surface area contributed by atoms with Crippen molar-refractivity contribution < 1.29 is 35.4 Å². The molecule has 0 aliphatic rings. The first-order valence-electron chi connectivity index (χ1n) is 4.29. The first-order chi connectivity index (χ1) is 6.90. The number of aliphatic hydroxyl groups excluding tert-OH is 6. The Morgan fingerprint density at radius 1 is 1.07 bits per heavy atom. The fourth-order valence-corrected chi connectivity index (χ4v) is 0.416. The van der Waals surface area contributed by atoms with Crippen molar-refractivity contribution >= 4 is 6.29 Å². The molecular formula is C8H18O7. The summed E-state index contributed by atoms with van der Waals surface area (Å²) >= 11 is 0. The SMILES string of the molecule is CC(O)CO.O=C[C@@H](O)[C@@H](O)[C@@H](O)CO. The zero-order chi connectivity index (χ0) is 12.4. The lowest BCUT2D eigenvalue weighted by Gasteiger charge is -2.16. The molecule has 0 saturated carbocycles. The van der Waals surface area contributed by atoms with Gasteiger partial charge in [0.2, 0.25) is 0 Å². The Morgan fingerprint density at radius 3 is 1.67 bits per heavy atom. The monoisotopic (exact) mass is 226 g/mol. The second-order valence-corrected chi connectivity index (χ2v) is 2.90. The van der Waals surface area contributed by atoms with Crippen molar-refractivity contribution in [3.05, 3.63) is 0 Å². The van der Waals surface area contributed by atoms with Gasteiger partial charge in [0.1, 0.15) is 18.3 Å². The van der Waals surface area contributed by atoms with Crippen molar-refractivity contribution in [2.75, 3.05) is 13.2 Å². The van der Waals surface area contributed by atoms with Gasteiger partial charge < -0.3 is 35.4 Å². The van der Waals surface area contributed by atoms with Gasteiger partial charge in [-0.1, -0.05) is 0 Å². The summed E-state index contributed by atoms with van der Waals surface area (Å²) in [5.74, 6) is 0. The second-order valence-electron chi connectivity index (χ2n) is 2.90. The zero-order valence-corrected chi connectivity index (χ0v) is 8.39. The van der Waals surface area contributed by atoms with Crippen LogP contribution in [0.3, 0.4) is 0 Å². The van der Waals surface area contributed by atoms with E-state index >= 15 is 0 Å². The van der Waals surface area contributed by atoms with Gasteiger partial charge in [-0.15, -0.1) is 0 Å². The summed E-state index contributed by atoms with van der Waals surface area (Å²) in [5.41, 5.74) is 0. The number of aldehydes is 1. The quantitative estimate of drug-likeness (QED) is 0.269. The van der Waals surface area contributed by atoms with Gasteiger partial charge in [-0.05, 0) is 6.92 Å². The number of carbonyl (C=O) groups is 1. The molecule has 7 heteroatoms. The lowest BCUT2D eigenvalue weighted by atomic mass is 10.1. The topological polar surface area (TPSA) is 138 Å². The number of carbonyl (C=O) groups excluding carboxylic acids is 1. The maximum Gasteiger partial charge on any atom is 0.151 e. The molecule has 0 aromatic rings. The van der Waals surface area contributed by atoms with Gasteiger partial charge in [0.05, 0.1) is 19.3 Å². The third-order valence-electron chi connectivity index (χ3n) is 1.33. The highest BCUT2D eigenvalue weighted by Crippen LogP contribution is 1.96. The van der Waals surface area contributed by atoms with E-state index in [1.807, 2.05) is 0 Å². The Kier molecular flexibility index (Phi) is 11.2. The van der Waals surface area contributed by atoms with E-state index in [0.29, 0.717) is 0 Å². The molecule has 0 aliphatic carbocycles. The Hall–Kier alpha value is -0.570. The fraction of sp³-hybridized carbons (Fsp3) is 0.875. The summed E-state index contributed by atoms with van der Waals surface area (Å²) in [6.45, 7) is 0.700. The zero-order valence-electron chi connectivity index (χ0n) is 8.39. The van der Waals surface area contributed by atoms with Crippen LogP contribution in [0.15, 0.2) is 0 Å². The molecule has 7 nitrogen and oxygen atoms in total. The van der Waals surface area contributed by atoms with E-state index in [1.54, 1.807) is 0 Å². The molecule has 0 aromatic carbocycles. The van der Waals surface area contributed by atoms with Crippen LogP contribution in [-0.4, -0.2) is 74.6 Å². The summed E-state index contributed by atoms with van der Waals surface area (Å²) in [6.07, 6.45) is -5.19. The van der Waals surface area contributed by atoms with E-state index in [9.17, 15) is 4.79 Å². The van der Waals surface area contributed by atoms with E-state index in [2.05, 4.69) is 0 Å². The molecule has 0 heterocycles. The van der Waals surface area contributed by atoms with Crippen LogP contribution in [0.1, 0.15) is 6.92 Å². The van der Waals surface area contributed by atoms with Crippen LogP contribution < -0.4 is 0 Å². The Labute approximate surface area is 87.2 Å². The molecule has 0 spiro atoms. The fourth-order valence-electron chi connectivity index (χ4n) is 0.416. The van der Waals surface area contributed by atoms with Gasteiger partial charge in [-0.25, -0.2) is 0 Å². The molecule has 0 bridgehead atoms. The summed E-state index contributed by atoms with van der Waals surface area (Å²) in [7, 11) is 0. The molecule has 0 aromatic heterocycles. The van der Waals surface area contributed by atoms with Crippen molar-refractivity contribution in [1.29, 1.82) is 0 Å². The van der Waals surface area contributed by atoms with E-state index in [4.69, 9.17) is 30.6 Å². The number of hydrogen-bond acceptors (Lipinski definition) is 7. The van der Waals surface area contributed by atoms with Gasteiger partial charge in [-0.2, -0.15) is 0 Å². The smallest absolute Gasteiger partial charge is 0.151 e. The minimum atomic E-state index is -1.64. The van der Waals surface area contributed by atoms with Gasteiger partial charge in [0.15, 0.2) is 6.29 Å². The Morgan fingerprint density at radius 2 is 1.47 bits per heavy atom. The van der Waals surface area contributed by atoms with Crippen LogP contribution in [0.5, 0.6) is 0 Å². The van der Waals surface area contributed by atoms with Crippen LogP contribution in [0.25, 0.3) is 0 Å². The standard InChI is InChI=1S/C5H10O5.C3H8O2/c6-1-3(8)5(10)4(9)2-7;1-3(5)2-4/h1,3-5,7-10H,2H2;3-5H,2H2,1H3/t3-,4+,5-;/m1./s1. The average Bonchev–Trinajstić information content (AvgIpc) is 2.26. The first-order valence-corrected chi connectivity index (χ1v) is 4.29. The van der Waals surface area contributed by atoms with Crippen LogP contribution >= 0.6 is 0 Å². The lowest BCUT2D eigenvalue weighted by Crippen LogP contribution is -2.40. The van der Waals surface area contributed by atoms with Gasteiger partial charge in [0.25, 0.3) is 0 Å². The maximum absolute atomic E-state index is 9.76. The molecule has 0 radical (unpaired) electrons. The highest BCUT2D eigenvalue weighted by atomic mass is 16.4. The van der Waals surface area contributed by atoms with Gasteiger partial charge in [0, 0.05) is 0 Å². The Balaban J connectivity index is 0. The van der Waals surface area contributed by atoms with Crippen LogP contribution in [0.2, 0.25) is 0 Å².